The number of hydrogen-bond acceptors (Lipinski definition) is 6. The molecule has 0 unspecified atom stereocenters. The minimum Gasteiger partial charge on any atom is -0.361 e. The van der Waals surface area contributed by atoms with E-state index in [2.05, 4.69) is 9.97 Å². The maximum absolute atomic E-state index is 11.1. The Morgan fingerprint density at radius 2 is 2.00 bits per heavy atom. The lowest BCUT2D eigenvalue weighted by Gasteiger charge is -1.98. The summed E-state index contributed by atoms with van der Waals surface area (Å²) in [4.78, 5) is 9.07. The summed E-state index contributed by atoms with van der Waals surface area (Å²) in [6.07, 6.45) is 2.71. The molecular formula is C11H12N2O3S2. The molecule has 7 heteroatoms. The predicted molar refractivity (Wildman–Crippen MR) is 70.3 cm³/mol. The largest absolute Gasteiger partial charge is 0.361 e. The van der Waals surface area contributed by atoms with Crippen LogP contribution in [0, 0.1) is 13.8 Å². The van der Waals surface area contributed by atoms with Gasteiger partial charge in [-0.1, -0.05) is 0 Å². The number of rotatable bonds is 3. The van der Waals surface area contributed by atoms with Gasteiger partial charge in [-0.2, -0.15) is 8.42 Å². The fourth-order valence-corrected chi connectivity index (χ4v) is 2.65. The Bertz CT molecular complexity index is 660. The maximum atomic E-state index is 11.1. The molecule has 2 heterocycles. The van der Waals surface area contributed by atoms with Crippen molar-refractivity contribution in [3.63, 3.8) is 0 Å². The summed E-state index contributed by atoms with van der Waals surface area (Å²) in [5, 5.41) is 0.693. The number of aromatic nitrogens is 2. The number of hydrogen-bond donors (Lipinski definition) is 0. The topological polar surface area (TPSA) is 69.2 Å². The molecule has 0 fully saturated rings. The third-order valence-electron chi connectivity index (χ3n) is 2.14. The van der Waals surface area contributed by atoms with Crippen molar-refractivity contribution in [2.45, 2.75) is 13.8 Å². The predicted octanol–water partition coefficient (Wildman–Crippen LogP) is 2.16. The van der Waals surface area contributed by atoms with E-state index < -0.39 is 10.1 Å². The van der Waals surface area contributed by atoms with Gasteiger partial charge >= 0.3 is 10.1 Å². The van der Waals surface area contributed by atoms with E-state index in [0.717, 1.165) is 22.4 Å². The molecule has 2 aromatic rings. The van der Waals surface area contributed by atoms with Gasteiger partial charge in [0, 0.05) is 17.5 Å². The molecule has 0 radical (unpaired) electrons. The van der Waals surface area contributed by atoms with E-state index in [0.29, 0.717) is 5.01 Å². The van der Waals surface area contributed by atoms with E-state index in [1.165, 1.54) is 11.3 Å². The highest BCUT2D eigenvalue weighted by Crippen LogP contribution is 2.31. The van der Waals surface area contributed by atoms with Gasteiger partial charge in [-0.25, -0.2) is 4.98 Å². The van der Waals surface area contributed by atoms with Crippen molar-refractivity contribution in [3.05, 3.63) is 28.9 Å². The van der Waals surface area contributed by atoms with Gasteiger partial charge in [-0.05, 0) is 26.0 Å². The molecule has 2 rings (SSSR count). The second kappa shape index (κ2) is 4.66. The zero-order valence-electron chi connectivity index (χ0n) is 10.2. The van der Waals surface area contributed by atoms with Crippen LogP contribution in [0.2, 0.25) is 0 Å². The summed E-state index contributed by atoms with van der Waals surface area (Å²) in [5.74, 6) is 0.137. The van der Waals surface area contributed by atoms with Gasteiger partial charge in [0.25, 0.3) is 0 Å². The Balaban J connectivity index is 2.37. The third-order valence-corrected chi connectivity index (χ3v) is 3.60. The second-order valence-corrected chi connectivity index (χ2v) is 6.63. The molecule has 0 amide bonds. The number of thiazole rings is 1. The summed E-state index contributed by atoms with van der Waals surface area (Å²) < 4.78 is 27.0. The van der Waals surface area contributed by atoms with Crippen molar-refractivity contribution in [1.82, 2.24) is 9.97 Å². The molecule has 0 aliphatic heterocycles. The van der Waals surface area contributed by atoms with Crippen LogP contribution >= 0.6 is 11.3 Å². The van der Waals surface area contributed by atoms with Crippen LogP contribution in [0.5, 0.6) is 5.88 Å². The van der Waals surface area contributed by atoms with Gasteiger partial charge in [0.05, 0.1) is 11.1 Å². The lowest BCUT2D eigenvalue weighted by atomic mass is 10.3. The minimum atomic E-state index is -3.55. The fourth-order valence-electron chi connectivity index (χ4n) is 1.32. The standard InChI is InChI=1S/C11H12N2O3S2/c1-7-4-5-9(6-12-7)11-13-10(8(2)17-11)16-18(3,14)15/h4-6H,1-3H3. The van der Waals surface area contributed by atoms with Gasteiger partial charge in [-0.3, -0.25) is 4.98 Å². The van der Waals surface area contributed by atoms with Crippen LogP contribution in [0.25, 0.3) is 10.6 Å². The summed E-state index contributed by atoms with van der Waals surface area (Å²) in [6, 6.07) is 3.77. The molecule has 0 N–H and O–H groups in total. The van der Waals surface area contributed by atoms with E-state index in [4.69, 9.17) is 4.18 Å². The Labute approximate surface area is 110 Å². The molecule has 0 saturated carbocycles. The molecule has 2 aromatic heterocycles. The summed E-state index contributed by atoms with van der Waals surface area (Å²) in [7, 11) is -3.55. The molecule has 96 valence electrons. The Hall–Kier alpha value is -1.47. The number of aryl methyl sites for hydroxylation is 2. The first-order valence-corrected chi connectivity index (χ1v) is 7.78. The second-order valence-electron chi connectivity index (χ2n) is 3.86. The van der Waals surface area contributed by atoms with Crippen molar-refractivity contribution in [3.8, 4) is 16.5 Å². The van der Waals surface area contributed by atoms with Crippen molar-refractivity contribution >= 4 is 21.5 Å². The molecule has 0 spiro atoms. The third kappa shape index (κ3) is 3.05. The average molecular weight is 284 g/mol. The Morgan fingerprint density at radius 3 is 2.56 bits per heavy atom. The summed E-state index contributed by atoms with van der Waals surface area (Å²) in [6.45, 7) is 3.67. The van der Waals surface area contributed by atoms with E-state index in [1.54, 1.807) is 13.1 Å². The first-order valence-electron chi connectivity index (χ1n) is 5.15. The first-order chi connectivity index (χ1) is 8.35. The van der Waals surface area contributed by atoms with Crippen LogP contribution in [0.15, 0.2) is 18.3 Å². The van der Waals surface area contributed by atoms with Gasteiger partial charge in [0.15, 0.2) is 0 Å². The van der Waals surface area contributed by atoms with E-state index in [9.17, 15) is 8.42 Å². The molecule has 0 aliphatic carbocycles. The highest BCUT2D eigenvalue weighted by Gasteiger charge is 2.14. The van der Waals surface area contributed by atoms with Crippen molar-refractivity contribution in [2.75, 3.05) is 6.26 Å². The van der Waals surface area contributed by atoms with Gasteiger partial charge in [-0.15, -0.1) is 11.3 Å². The molecule has 0 saturated heterocycles. The van der Waals surface area contributed by atoms with Crippen molar-refractivity contribution in [2.24, 2.45) is 0 Å². The highest BCUT2D eigenvalue weighted by atomic mass is 32.2. The lowest BCUT2D eigenvalue weighted by molar-refractivity contribution is 0.483. The highest BCUT2D eigenvalue weighted by molar-refractivity contribution is 7.86. The van der Waals surface area contributed by atoms with Crippen molar-refractivity contribution in [1.29, 1.82) is 0 Å². The van der Waals surface area contributed by atoms with Crippen LogP contribution in [0.4, 0.5) is 0 Å². The SMILES string of the molecule is Cc1ccc(-c2nc(OS(C)(=O)=O)c(C)s2)cn1. The number of pyridine rings is 1. The normalized spacial score (nSPS) is 11.5. The fraction of sp³-hybridized carbons (Fsp3) is 0.273. The van der Waals surface area contributed by atoms with Gasteiger partial charge in [0.2, 0.25) is 5.88 Å². The van der Waals surface area contributed by atoms with E-state index >= 15 is 0 Å². The smallest absolute Gasteiger partial charge is 0.307 e. The van der Waals surface area contributed by atoms with Crippen LogP contribution in [0.3, 0.4) is 0 Å². The van der Waals surface area contributed by atoms with Crippen LogP contribution in [0.1, 0.15) is 10.6 Å². The molecule has 0 aliphatic rings. The van der Waals surface area contributed by atoms with Crippen LogP contribution in [-0.4, -0.2) is 24.6 Å². The Morgan fingerprint density at radius 1 is 1.28 bits per heavy atom. The van der Waals surface area contributed by atoms with Crippen LogP contribution < -0.4 is 4.18 Å². The monoisotopic (exact) mass is 284 g/mol. The first kappa shape index (κ1) is 13.0. The molecule has 0 aromatic carbocycles. The Kier molecular flexibility index (Phi) is 3.36. The zero-order valence-corrected chi connectivity index (χ0v) is 11.8. The van der Waals surface area contributed by atoms with E-state index in [1.807, 2.05) is 19.1 Å². The summed E-state index contributed by atoms with van der Waals surface area (Å²) in [5.41, 5.74) is 1.76. The zero-order chi connectivity index (χ0) is 13.3. The van der Waals surface area contributed by atoms with Crippen molar-refractivity contribution < 1.29 is 12.6 Å². The maximum Gasteiger partial charge on any atom is 0.307 e. The van der Waals surface area contributed by atoms with Gasteiger partial charge < -0.3 is 4.18 Å². The van der Waals surface area contributed by atoms with Gasteiger partial charge in [0.1, 0.15) is 5.01 Å². The average Bonchev–Trinajstić information content (AvgIpc) is 2.59. The molecule has 0 bridgehead atoms. The summed E-state index contributed by atoms with van der Waals surface area (Å²) >= 11 is 1.37. The molecule has 5 nitrogen and oxygen atoms in total. The molecule has 18 heavy (non-hydrogen) atoms. The lowest BCUT2D eigenvalue weighted by Crippen LogP contribution is -2.06. The van der Waals surface area contributed by atoms with E-state index in [-0.39, 0.29) is 5.88 Å². The quantitative estimate of drug-likeness (QED) is 0.808. The molecular weight excluding hydrogens is 272 g/mol. The minimum absolute atomic E-state index is 0.137. The number of nitrogens with zero attached hydrogens (tertiary/aromatic N) is 2. The van der Waals surface area contributed by atoms with Crippen LogP contribution in [-0.2, 0) is 10.1 Å². The molecule has 0 atom stereocenters.